The summed E-state index contributed by atoms with van der Waals surface area (Å²) in [5.74, 6) is -2.83. The van der Waals surface area contributed by atoms with E-state index in [1.165, 1.54) is 24.0 Å². The van der Waals surface area contributed by atoms with Gasteiger partial charge in [0.2, 0.25) is 10.0 Å². The van der Waals surface area contributed by atoms with Crippen LogP contribution in [0.15, 0.2) is 41.3 Å². The zero-order chi connectivity index (χ0) is 21.3. The summed E-state index contributed by atoms with van der Waals surface area (Å²) in [6.45, 7) is 1.18. The fourth-order valence-corrected chi connectivity index (χ4v) is 4.78. The molecule has 0 N–H and O–H groups in total. The highest BCUT2D eigenvalue weighted by Gasteiger charge is 2.33. The molecule has 29 heavy (non-hydrogen) atoms. The molecule has 11 heteroatoms. The number of non-ortho nitro benzene ring substituents is 1. The standard InChI is InChI=1S/C18H17F2N3O5S/c1-12-5-6-13(23(25)26)11-16(12)29(27,28)22-9-7-21(8-10-22)18(24)17-14(19)3-2-4-15(17)20/h2-6,11H,7-10H2,1H3. The Balaban J connectivity index is 1.79. The van der Waals surface area contributed by atoms with Crippen LogP contribution in [-0.2, 0) is 10.0 Å². The van der Waals surface area contributed by atoms with E-state index in [9.17, 15) is 32.1 Å². The van der Waals surface area contributed by atoms with Gasteiger partial charge in [0.05, 0.1) is 9.82 Å². The van der Waals surface area contributed by atoms with E-state index in [4.69, 9.17) is 0 Å². The smallest absolute Gasteiger partial charge is 0.270 e. The fraction of sp³-hybridized carbons (Fsp3) is 0.278. The third-order valence-electron chi connectivity index (χ3n) is 4.70. The number of nitrogens with zero attached hydrogens (tertiary/aromatic N) is 3. The van der Waals surface area contributed by atoms with Crippen LogP contribution in [0, 0.1) is 28.7 Å². The SMILES string of the molecule is Cc1ccc([N+](=O)[O-])cc1S(=O)(=O)N1CCN(C(=O)c2c(F)cccc2F)CC1. The van der Waals surface area contributed by atoms with Crippen LogP contribution in [0.4, 0.5) is 14.5 Å². The van der Waals surface area contributed by atoms with Crippen molar-refractivity contribution in [1.82, 2.24) is 9.21 Å². The van der Waals surface area contributed by atoms with E-state index in [2.05, 4.69) is 0 Å². The second-order valence-corrected chi connectivity index (χ2v) is 8.41. The Morgan fingerprint density at radius 1 is 1.07 bits per heavy atom. The number of hydrogen-bond acceptors (Lipinski definition) is 5. The van der Waals surface area contributed by atoms with Gasteiger partial charge in [-0.3, -0.25) is 14.9 Å². The number of halogens is 2. The van der Waals surface area contributed by atoms with Crippen LogP contribution >= 0.6 is 0 Å². The van der Waals surface area contributed by atoms with Crippen molar-refractivity contribution in [1.29, 1.82) is 0 Å². The van der Waals surface area contributed by atoms with Crippen molar-refractivity contribution < 1.29 is 26.9 Å². The number of hydrogen-bond donors (Lipinski definition) is 0. The zero-order valence-electron chi connectivity index (χ0n) is 15.3. The summed E-state index contributed by atoms with van der Waals surface area (Å²) in [4.78, 5) is 23.7. The van der Waals surface area contributed by atoms with Crippen LogP contribution in [0.2, 0.25) is 0 Å². The van der Waals surface area contributed by atoms with Gasteiger partial charge in [0, 0.05) is 38.3 Å². The summed E-state index contributed by atoms with van der Waals surface area (Å²) < 4.78 is 54.6. The lowest BCUT2D eigenvalue weighted by atomic mass is 10.1. The Hall–Kier alpha value is -2.92. The van der Waals surface area contributed by atoms with Gasteiger partial charge in [-0.05, 0) is 24.6 Å². The number of sulfonamides is 1. The normalized spacial score (nSPS) is 15.3. The summed E-state index contributed by atoms with van der Waals surface area (Å²) >= 11 is 0. The third-order valence-corrected chi connectivity index (χ3v) is 6.74. The molecule has 154 valence electrons. The molecule has 2 aromatic carbocycles. The first-order valence-corrected chi connectivity index (χ1v) is 10.1. The first-order valence-electron chi connectivity index (χ1n) is 8.61. The average Bonchev–Trinajstić information content (AvgIpc) is 2.67. The fourth-order valence-electron chi connectivity index (χ4n) is 3.11. The third kappa shape index (κ3) is 3.96. The molecule has 2 aromatic rings. The molecule has 1 aliphatic rings. The Morgan fingerprint density at radius 2 is 1.66 bits per heavy atom. The number of carbonyl (C=O) groups is 1. The molecule has 0 saturated carbocycles. The molecule has 0 radical (unpaired) electrons. The summed E-state index contributed by atoms with van der Waals surface area (Å²) in [7, 11) is -4.04. The first kappa shape index (κ1) is 20.8. The average molecular weight is 425 g/mol. The molecule has 8 nitrogen and oxygen atoms in total. The molecule has 1 heterocycles. The molecule has 0 aromatic heterocycles. The maximum absolute atomic E-state index is 13.8. The molecular weight excluding hydrogens is 408 g/mol. The Morgan fingerprint density at radius 3 is 2.21 bits per heavy atom. The van der Waals surface area contributed by atoms with E-state index in [1.54, 1.807) is 0 Å². The van der Waals surface area contributed by atoms with Crippen molar-refractivity contribution >= 4 is 21.6 Å². The summed E-state index contributed by atoms with van der Waals surface area (Å²) in [6, 6.07) is 6.66. The summed E-state index contributed by atoms with van der Waals surface area (Å²) in [5.41, 5.74) is -0.682. The van der Waals surface area contributed by atoms with E-state index in [0.29, 0.717) is 5.56 Å². The molecule has 0 bridgehead atoms. The van der Waals surface area contributed by atoms with E-state index in [1.807, 2.05) is 0 Å². The van der Waals surface area contributed by atoms with Crippen molar-refractivity contribution in [2.45, 2.75) is 11.8 Å². The topological polar surface area (TPSA) is 101 Å². The lowest BCUT2D eigenvalue weighted by molar-refractivity contribution is -0.385. The monoisotopic (exact) mass is 425 g/mol. The number of benzene rings is 2. The van der Waals surface area contributed by atoms with Crippen LogP contribution in [0.3, 0.4) is 0 Å². The lowest BCUT2D eigenvalue weighted by Crippen LogP contribution is -2.50. The predicted molar refractivity (Wildman–Crippen MR) is 98.9 cm³/mol. The number of amides is 1. The highest BCUT2D eigenvalue weighted by Crippen LogP contribution is 2.26. The van der Waals surface area contributed by atoms with Crippen LogP contribution < -0.4 is 0 Å². The van der Waals surface area contributed by atoms with Gasteiger partial charge in [-0.25, -0.2) is 17.2 Å². The van der Waals surface area contributed by atoms with Gasteiger partial charge in [-0.2, -0.15) is 4.31 Å². The minimum atomic E-state index is -4.04. The molecule has 1 saturated heterocycles. The molecular formula is C18H17F2N3O5S. The lowest BCUT2D eigenvalue weighted by Gasteiger charge is -2.34. The van der Waals surface area contributed by atoms with Crippen molar-refractivity contribution in [2.24, 2.45) is 0 Å². The second kappa shape index (κ2) is 7.84. The molecule has 1 fully saturated rings. The highest BCUT2D eigenvalue weighted by molar-refractivity contribution is 7.89. The van der Waals surface area contributed by atoms with Crippen LogP contribution in [0.25, 0.3) is 0 Å². The molecule has 0 unspecified atom stereocenters. The van der Waals surface area contributed by atoms with Gasteiger partial charge < -0.3 is 4.90 Å². The molecule has 0 spiro atoms. The van der Waals surface area contributed by atoms with Crippen molar-refractivity contribution in [3.8, 4) is 0 Å². The van der Waals surface area contributed by atoms with Gasteiger partial charge >= 0.3 is 0 Å². The van der Waals surface area contributed by atoms with Crippen molar-refractivity contribution in [3.05, 3.63) is 69.3 Å². The largest absolute Gasteiger partial charge is 0.336 e. The molecule has 0 aliphatic carbocycles. The summed E-state index contributed by atoms with van der Waals surface area (Å²) in [5, 5.41) is 11.0. The van der Waals surface area contributed by atoms with Crippen molar-refractivity contribution in [3.63, 3.8) is 0 Å². The number of aryl methyl sites for hydroxylation is 1. The highest BCUT2D eigenvalue weighted by atomic mass is 32.2. The van der Waals surface area contributed by atoms with Crippen LogP contribution in [-0.4, -0.2) is 54.6 Å². The van der Waals surface area contributed by atoms with Gasteiger partial charge in [-0.1, -0.05) is 12.1 Å². The number of nitro groups is 1. The first-order chi connectivity index (χ1) is 13.6. The molecule has 1 aliphatic heterocycles. The van der Waals surface area contributed by atoms with Crippen molar-refractivity contribution in [2.75, 3.05) is 26.2 Å². The Kier molecular flexibility index (Phi) is 5.62. The van der Waals surface area contributed by atoms with Gasteiger partial charge in [0.25, 0.3) is 11.6 Å². The van der Waals surface area contributed by atoms with Crippen LogP contribution in [0.1, 0.15) is 15.9 Å². The van der Waals surface area contributed by atoms with Gasteiger partial charge in [-0.15, -0.1) is 0 Å². The molecule has 0 atom stereocenters. The predicted octanol–water partition coefficient (Wildman–Crippen LogP) is 2.33. The quantitative estimate of drug-likeness (QED) is 0.553. The number of piperazine rings is 1. The Labute approximate surface area is 165 Å². The minimum Gasteiger partial charge on any atom is -0.336 e. The van der Waals surface area contributed by atoms with E-state index >= 15 is 0 Å². The maximum Gasteiger partial charge on any atom is 0.270 e. The summed E-state index contributed by atoms with van der Waals surface area (Å²) in [6.07, 6.45) is 0. The molecule has 3 rings (SSSR count). The van der Waals surface area contributed by atoms with Crippen LogP contribution in [0.5, 0.6) is 0 Å². The Bertz CT molecular complexity index is 1060. The maximum atomic E-state index is 13.8. The second-order valence-electron chi connectivity index (χ2n) is 6.50. The number of carbonyl (C=O) groups excluding carboxylic acids is 1. The molecule has 1 amide bonds. The number of nitro benzene ring substituents is 1. The van der Waals surface area contributed by atoms with Gasteiger partial charge in [0.15, 0.2) is 0 Å². The number of rotatable bonds is 4. The van der Waals surface area contributed by atoms with E-state index in [-0.39, 0.29) is 36.8 Å². The van der Waals surface area contributed by atoms with E-state index in [0.717, 1.165) is 28.6 Å². The van der Waals surface area contributed by atoms with E-state index < -0.39 is 38.1 Å². The minimum absolute atomic E-state index is 0.0696. The van der Waals surface area contributed by atoms with Gasteiger partial charge in [0.1, 0.15) is 17.2 Å². The zero-order valence-corrected chi connectivity index (χ0v) is 16.2.